The van der Waals surface area contributed by atoms with Crippen molar-refractivity contribution in [3.63, 3.8) is 0 Å². The summed E-state index contributed by atoms with van der Waals surface area (Å²) in [6.07, 6.45) is 1.00. The van der Waals surface area contributed by atoms with Crippen molar-refractivity contribution in [1.29, 1.82) is 0 Å². The van der Waals surface area contributed by atoms with E-state index < -0.39 is 0 Å². The number of nitrogens with zero attached hydrogens (tertiary/aromatic N) is 1. The molecule has 2 rings (SSSR count). The van der Waals surface area contributed by atoms with Crippen LogP contribution in [0.15, 0.2) is 24.3 Å². The van der Waals surface area contributed by atoms with Crippen molar-refractivity contribution in [2.75, 3.05) is 31.1 Å². The molecule has 1 saturated heterocycles. The van der Waals surface area contributed by atoms with E-state index in [4.69, 9.17) is 0 Å². The van der Waals surface area contributed by atoms with Gasteiger partial charge in [-0.05, 0) is 37.6 Å². The Kier molecular flexibility index (Phi) is 4.80. The van der Waals surface area contributed by atoms with Gasteiger partial charge in [0, 0.05) is 24.8 Å². The molecule has 0 bridgehead atoms. The van der Waals surface area contributed by atoms with Gasteiger partial charge in [-0.3, -0.25) is 4.79 Å². The molecule has 1 unspecified atom stereocenters. The molecule has 1 aliphatic heterocycles. The normalized spacial score (nSPS) is 17.8. The van der Waals surface area contributed by atoms with Crippen molar-refractivity contribution in [3.8, 4) is 0 Å². The molecule has 0 spiro atoms. The molecule has 0 saturated carbocycles. The average Bonchev–Trinajstić information content (AvgIpc) is 2.64. The molecule has 1 fully saturated rings. The van der Waals surface area contributed by atoms with Gasteiger partial charge in [-0.1, -0.05) is 19.1 Å². The molecule has 0 radical (unpaired) electrons. The van der Waals surface area contributed by atoms with Crippen LogP contribution in [-0.4, -0.2) is 32.1 Å². The average molecular weight is 261 g/mol. The van der Waals surface area contributed by atoms with E-state index in [2.05, 4.69) is 53.6 Å². The number of anilines is 1. The molecule has 104 valence electrons. The summed E-state index contributed by atoms with van der Waals surface area (Å²) in [5.74, 6) is 0.114. The lowest BCUT2D eigenvalue weighted by Gasteiger charge is -2.22. The first-order chi connectivity index (χ1) is 9.20. The maximum absolute atomic E-state index is 11.6. The molecular weight excluding hydrogens is 238 g/mol. The predicted octanol–water partition coefficient (Wildman–Crippen LogP) is 1.68. The second-order valence-corrected chi connectivity index (χ2v) is 5.00. The molecular formula is C15H23N3O. The van der Waals surface area contributed by atoms with Gasteiger partial charge < -0.3 is 15.5 Å². The van der Waals surface area contributed by atoms with Crippen LogP contribution in [0.1, 0.15) is 31.9 Å². The van der Waals surface area contributed by atoms with Gasteiger partial charge in [0.05, 0.1) is 6.54 Å². The summed E-state index contributed by atoms with van der Waals surface area (Å²) in [5, 5.41) is 6.30. The number of benzene rings is 1. The van der Waals surface area contributed by atoms with Gasteiger partial charge in [0.1, 0.15) is 0 Å². The Morgan fingerprint density at radius 2 is 2.11 bits per heavy atom. The summed E-state index contributed by atoms with van der Waals surface area (Å²) in [6, 6.07) is 8.88. The highest BCUT2D eigenvalue weighted by molar-refractivity contribution is 5.81. The Morgan fingerprint density at radius 1 is 1.37 bits per heavy atom. The van der Waals surface area contributed by atoms with E-state index in [0.717, 1.165) is 31.7 Å². The highest BCUT2D eigenvalue weighted by Crippen LogP contribution is 2.19. The van der Waals surface area contributed by atoms with Gasteiger partial charge in [-0.15, -0.1) is 0 Å². The number of carbonyl (C=O) groups is 1. The Morgan fingerprint density at radius 3 is 2.79 bits per heavy atom. The van der Waals surface area contributed by atoms with Crippen molar-refractivity contribution < 1.29 is 4.79 Å². The molecule has 2 N–H and O–H groups in total. The molecule has 1 aromatic carbocycles. The van der Waals surface area contributed by atoms with Gasteiger partial charge in [0.15, 0.2) is 0 Å². The van der Waals surface area contributed by atoms with E-state index in [1.165, 1.54) is 5.56 Å². The van der Waals surface area contributed by atoms with E-state index in [1.807, 2.05) is 0 Å². The van der Waals surface area contributed by atoms with E-state index in [-0.39, 0.29) is 5.91 Å². The van der Waals surface area contributed by atoms with E-state index in [0.29, 0.717) is 12.6 Å². The van der Waals surface area contributed by atoms with Crippen LogP contribution < -0.4 is 15.5 Å². The summed E-state index contributed by atoms with van der Waals surface area (Å²) >= 11 is 0. The third kappa shape index (κ3) is 3.70. The number of nitrogens with one attached hydrogen (secondary N) is 2. The number of hydrogen-bond donors (Lipinski definition) is 2. The third-order valence-corrected chi connectivity index (χ3v) is 3.53. The van der Waals surface area contributed by atoms with Crippen LogP contribution in [0.5, 0.6) is 0 Å². The second-order valence-electron chi connectivity index (χ2n) is 5.00. The first kappa shape index (κ1) is 13.9. The van der Waals surface area contributed by atoms with Crippen LogP contribution in [0.3, 0.4) is 0 Å². The van der Waals surface area contributed by atoms with Crippen molar-refractivity contribution >= 4 is 11.6 Å². The van der Waals surface area contributed by atoms with Crippen LogP contribution in [0.25, 0.3) is 0 Å². The fourth-order valence-corrected chi connectivity index (χ4v) is 2.42. The molecule has 4 nitrogen and oxygen atoms in total. The van der Waals surface area contributed by atoms with Crippen molar-refractivity contribution in [3.05, 3.63) is 29.8 Å². The number of carbonyl (C=O) groups excluding carboxylic acids is 1. The Balaban J connectivity index is 2.06. The highest BCUT2D eigenvalue weighted by atomic mass is 16.2. The smallest absolute Gasteiger partial charge is 0.239 e. The standard InChI is InChI=1S/C15H23N3O/c1-3-16-12(2)13-5-7-14(8-6-13)18-10-4-9-17-15(19)11-18/h5-8,12,16H,3-4,9-11H2,1-2H3,(H,17,19). The van der Waals surface area contributed by atoms with Crippen LogP contribution in [0, 0.1) is 0 Å². The largest absolute Gasteiger partial charge is 0.362 e. The van der Waals surface area contributed by atoms with E-state index >= 15 is 0 Å². The zero-order valence-corrected chi connectivity index (χ0v) is 11.8. The monoisotopic (exact) mass is 261 g/mol. The summed E-state index contributed by atoms with van der Waals surface area (Å²) in [4.78, 5) is 13.7. The molecule has 0 aliphatic carbocycles. The minimum Gasteiger partial charge on any atom is -0.362 e. The third-order valence-electron chi connectivity index (χ3n) is 3.53. The summed E-state index contributed by atoms with van der Waals surface area (Å²) in [6.45, 7) is 7.42. The van der Waals surface area contributed by atoms with Crippen molar-refractivity contribution in [2.45, 2.75) is 26.3 Å². The lowest BCUT2D eigenvalue weighted by atomic mass is 10.1. The minimum absolute atomic E-state index is 0.114. The fraction of sp³-hybridized carbons (Fsp3) is 0.533. The quantitative estimate of drug-likeness (QED) is 0.867. The number of amides is 1. The van der Waals surface area contributed by atoms with Crippen LogP contribution in [-0.2, 0) is 4.79 Å². The predicted molar refractivity (Wildman–Crippen MR) is 78.4 cm³/mol. The second kappa shape index (κ2) is 6.57. The maximum atomic E-state index is 11.6. The van der Waals surface area contributed by atoms with Crippen molar-refractivity contribution in [2.24, 2.45) is 0 Å². The van der Waals surface area contributed by atoms with Gasteiger partial charge >= 0.3 is 0 Å². The van der Waals surface area contributed by atoms with Gasteiger partial charge in [-0.2, -0.15) is 0 Å². The van der Waals surface area contributed by atoms with Crippen LogP contribution >= 0.6 is 0 Å². The zero-order valence-electron chi connectivity index (χ0n) is 11.8. The molecule has 19 heavy (non-hydrogen) atoms. The van der Waals surface area contributed by atoms with Gasteiger partial charge in [0.25, 0.3) is 0 Å². The lowest BCUT2D eigenvalue weighted by Crippen LogP contribution is -2.33. The molecule has 1 amide bonds. The minimum atomic E-state index is 0.114. The molecule has 0 aromatic heterocycles. The SMILES string of the molecule is CCNC(C)c1ccc(N2CCCNC(=O)C2)cc1. The van der Waals surface area contributed by atoms with E-state index in [9.17, 15) is 4.79 Å². The number of rotatable bonds is 4. The zero-order chi connectivity index (χ0) is 13.7. The Hall–Kier alpha value is -1.55. The maximum Gasteiger partial charge on any atom is 0.239 e. The summed E-state index contributed by atoms with van der Waals surface area (Å²) in [7, 11) is 0. The fourth-order valence-electron chi connectivity index (χ4n) is 2.42. The molecule has 4 heteroatoms. The Labute approximate surface area is 115 Å². The van der Waals surface area contributed by atoms with Crippen LogP contribution in [0.2, 0.25) is 0 Å². The summed E-state index contributed by atoms with van der Waals surface area (Å²) in [5.41, 5.74) is 2.41. The van der Waals surface area contributed by atoms with Gasteiger partial charge in [-0.25, -0.2) is 0 Å². The first-order valence-corrected chi connectivity index (χ1v) is 7.05. The first-order valence-electron chi connectivity index (χ1n) is 7.05. The van der Waals surface area contributed by atoms with Gasteiger partial charge in [0.2, 0.25) is 5.91 Å². The topological polar surface area (TPSA) is 44.4 Å². The molecule has 1 aromatic rings. The molecule has 1 atom stereocenters. The molecule has 1 heterocycles. The summed E-state index contributed by atoms with van der Waals surface area (Å²) < 4.78 is 0. The van der Waals surface area contributed by atoms with Crippen molar-refractivity contribution in [1.82, 2.24) is 10.6 Å². The van der Waals surface area contributed by atoms with Crippen LogP contribution in [0.4, 0.5) is 5.69 Å². The Bertz CT molecular complexity index is 416. The lowest BCUT2D eigenvalue weighted by molar-refractivity contribution is -0.119. The highest BCUT2D eigenvalue weighted by Gasteiger charge is 2.15. The van der Waals surface area contributed by atoms with E-state index in [1.54, 1.807) is 0 Å². The molecule has 1 aliphatic rings. The number of hydrogen-bond acceptors (Lipinski definition) is 3.